The van der Waals surface area contributed by atoms with E-state index in [1.165, 1.54) is 18.4 Å². The maximum atomic E-state index is 4.22. The predicted molar refractivity (Wildman–Crippen MR) is 61.7 cm³/mol. The van der Waals surface area contributed by atoms with E-state index in [0.717, 1.165) is 5.82 Å². The van der Waals surface area contributed by atoms with Gasteiger partial charge in [-0.15, -0.1) is 0 Å². The molecule has 1 rings (SSSR count). The van der Waals surface area contributed by atoms with Crippen molar-refractivity contribution in [3.8, 4) is 0 Å². The van der Waals surface area contributed by atoms with Crippen LogP contribution >= 0.6 is 0 Å². The first kappa shape index (κ1) is 11.0. The van der Waals surface area contributed by atoms with Gasteiger partial charge in [0.15, 0.2) is 0 Å². The highest BCUT2D eigenvalue weighted by Gasteiger charge is 2.19. The van der Waals surface area contributed by atoms with Crippen LogP contribution in [0, 0.1) is 0 Å². The van der Waals surface area contributed by atoms with E-state index in [4.69, 9.17) is 0 Å². The Hall–Kier alpha value is -1.05. The summed E-state index contributed by atoms with van der Waals surface area (Å²) in [7, 11) is 1.90. The maximum Gasteiger partial charge on any atom is 0.125 e. The fourth-order valence-corrected chi connectivity index (χ4v) is 1.76. The number of hydrogen-bond donors (Lipinski definition) is 1. The molecule has 1 heterocycles. The first-order valence-corrected chi connectivity index (χ1v) is 5.24. The van der Waals surface area contributed by atoms with Gasteiger partial charge in [-0.1, -0.05) is 27.2 Å². The van der Waals surface area contributed by atoms with Crippen molar-refractivity contribution in [1.29, 1.82) is 0 Å². The van der Waals surface area contributed by atoms with Crippen molar-refractivity contribution in [2.75, 3.05) is 12.4 Å². The van der Waals surface area contributed by atoms with Crippen LogP contribution in [0.5, 0.6) is 0 Å². The van der Waals surface area contributed by atoms with Crippen LogP contribution in [0.15, 0.2) is 18.3 Å². The molecule has 1 aromatic heterocycles. The molecule has 0 radical (unpaired) electrons. The van der Waals surface area contributed by atoms with Crippen molar-refractivity contribution in [3.63, 3.8) is 0 Å². The minimum absolute atomic E-state index is 0.253. The van der Waals surface area contributed by atoms with Gasteiger partial charge in [-0.2, -0.15) is 0 Å². The molecule has 0 atom stereocenters. The fraction of sp³-hybridized carbons (Fsp3) is 0.583. The third-order valence-electron chi connectivity index (χ3n) is 2.67. The number of anilines is 1. The van der Waals surface area contributed by atoms with E-state index >= 15 is 0 Å². The third-order valence-corrected chi connectivity index (χ3v) is 2.67. The first-order valence-electron chi connectivity index (χ1n) is 5.24. The Bertz CT molecular complexity index is 292. The van der Waals surface area contributed by atoms with Gasteiger partial charge in [0.05, 0.1) is 0 Å². The number of nitrogens with one attached hydrogen (secondary N) is 1. The van der Waals surface area contributed by atoms with Crippen molar-refractivity contribution >= 4 is 5.82 Å². The zero-order chi connectivity index (χ0) is 10.6. The summed E-state index contributed by atoms with van der Waals surface area (Å²) >= 11 is 0. The number of aromatic nitrogens is 1. The lowest BCUT2D eigenvalue weighted by atomic mass is 9.81. The third kappa shape index (κ3) is 2.47. The zero-order valence-corrected chi connectivity index (χ0v) is 9.59. The molecular formula is C12H20N2. The highest BCUT2D eigenvalue weighted by atomic mass is 14.9. The van der Waals surface area contributed by atoms with E-state index in [9.17, 15) is 0 Å². The quantitative estimate of drug-likeness (QED) is 0.792. The molecule has 0 bridgehead atoms. The molecule has 0 amide bonds. The van der Waals surface area contributed by atoms with Crippen molar-refractivity contribution in [3.05, 3.63) is 23.9 Å². The van der Waals surface area contributed by atoms with Gasteiger partial charge in [-0.25, -0.2) is 4.98 Å². The van der Waals surface area contributed by atoms with Gasteiger partial charge < -0.3 is 5.32 Å². The molecule has 0 fully saturated rings. The Morgan fingerprint density at radius 2 is 2.14 bits per heavy atom. The Balaban J connectivity index is 2.93. The first-order chi connectivity index (χ1) is 6.60. The van der Waals surface area contributed by atoms with Crippen LogP contribution < -0.4 is 5.32 Å². The Kier molecular flexibility index (Phi) is 3.50. The summed E-state index contributed by atoms with van der Waals surface area (Å²) in [6.07, 6.45) is 4.29. The summed E-state index contributed by atoms with van der Waals surface area (Å²) in [4.78, 5) is 4.22. The van der Waals surface area contributed by atoms with E-state index in [-0.39, 0.29) is 5.41 Å². The van der Waals surface area contributed by atoms with E-state index in [1.54, 1.807) is 0 Å². The number of nitrogens with zero attached hydrogens (tertiary/aromatic N) is 1. The van der Waals surface area contributed by atoms with E-state index in [1.807, 2.05) is 13.2 Å². The molecule has 78 valence electrons. The monoisotopic (exact) mass is 192 g/mol. The normalized spacial score (nSPS) is 11.4. The Morgan fingerprint density at radius 1 is 1.43 bits per heavy atom. The van der Waals surface area contributed by atoms with Crippen LogP contribution in [-0.2, 0) is 5.41 Å². The molecular weight excluding hydrogens is 172 g/mol. The summed E-state index contributed by atoms with van der Waals surface area (Å²) in [5, 5.41) is 3.07. The molecule has 0 aliphatic carbocycles. The summed E-state index contributed by atoms with van der Waals surface area (Å²) in [5.74, 6) is 0.951. The van der Waals surface area contributed by atoms with E-state index in [2.05, 4.69) is 43.2 Å². The van der Waals surface area contributed by atoms with E-state index in [0.29, 0.717) is 0 Å². The molecule has 0 saturated heterocycles. The van der Waals surface area contributed by atoms with Crippen LogP contribution in [0.2, 0.25) is 0 Å². The van der Waals surface area contributed by atoms with Crippen LogP contribution in [0.1, 0.15) is 39.2 Å². The SMILES string of the molecule is CCCC(C)(C)c1ccnc(NC)c1. The van der Waals surface area contributed by atoms with Crippen LogP contribution in [0.3, 0.4) is 0 Å². The van der Waals surface area contributed by atoms with E-state index < -0.39 is 0 Å². The molecule has 14 heavy (non-hydrogen) atoms. The molecule has 0 saturated carbocycles. The summed E-state index contributed by atoms with van der Waals surface area (Å²) in [6, 6.07) is 4.24. The second-order valence-corrected chi connectivity index (χ2v) is 4.31. The van der Waals surface area contributed by atoms with Gasteiger partial charge in [-0.05, 0) is 29.5 Å². The van der Waals surface area contributed by atoms with Gasteiger partial charge in [0.1, 0.15) is 5.82 Å². The molecule has 0 unspecified atom stereocenters. The van der Waals surface area contributed by atoms with Gasteiger partial charge in [0.2, 0.25) is 0 Å². The summed E-state index contributed by atoms with van der Waals surface area (Å²) in [6.45, 7) is 6.79. The molecule has 0 spiro atoms. The topological polar surface area (TPSA) is 24.9 Å². The largest absolute Gasteiger partial charge is 0.373 e. The number of hydrogen-bond acceptors (Lipinski definition) is 2. The highest BCUT2D eigenvalue weighted by molar-refractivity contribution is 5.39. The zero-order valence-electron chi connectivity index (χ0n) is 9.59. The standard InChI is InChI=1S/C12H20N2/c1-5-7-12(2,3)10-6-8-14-11(9-10)13-4/h6,8-9H,5,7H2,1-4H3,(H,13,14). The van der Waals surface area contributed by atoms with Crippen molar-refractivity contribution < 1.29 is 0 Å². The fourth-order valence-electron chi connectivity index (χ4n) is 1.76. The summed E-state index contributed by atoms with van der Waals surface area (Å²) in [5.41, 5.74) is 1.61. The van der Waals surface area contributed by atoms with Crippen molar-refractivity contribution in [1.82, 2.24) is 4.98 Å². The maximum absolute atomic E-state index is 4.22. The lowest BCUT2D eigenvalue weighted by Gasteiger charge is -2.24. The van der Waals surface area contributed by atoms with Crippen LogP contribution in [0.25, 0.3) is 0 Å². The van der Waals surface area contributed by atoms with Gasteiger partial charge in [0, 0.05) is 13.2 Å². The second kappa shape index (κ2) is 4.45. The molecule has 0 aliphatic rings. The smallest absolute Gasteiger partial charge is 0.125 e. The molecule has 1 aromatic rings. The van der Waals surface area contributed by atoms with Crippen LogP contribution in [0.4, 0.5) is 5.82 Å². The van der Waals surface area contributed by atoms with Crippen LogP contribution in [-0.4, -0.2) is 12.0 Å². The average Bonchev–Trinajstić information content (AvgIpc) is 2.18. The number of rotatable bonds is 4. The molecule has 2 nitrogen and oxygen atoms in total. The van der Waals surface area contributed by atoms with Crippen molar-refractivity contribution in [2.24, 2.45) is 0 Å². The minimum Gasteiger partial charge on any atom is -0.373 e. The summed E-state index contributed by atoms with van der Waals surface area (Å²) < 4.78 is 0. The van der Waals surface area contributed by atoms with Crippen molar-refractivity contribution in [2.45, 2.75) is 39.0 Å². The van der Waals surface area contributed by atoms with Gasteiger partial charge >= 0.3 is 0 Å². The minimum atomic E-state index is 0.253. The Morgan fingerprint density at radius 3 is 2.71 bits per heavy atom. The average molecular weight is 192 g/mol. The molecule has 0 aliphatic heterocycles. The van der Waals surface area contributed by atoms with Gasteiger partial charge in [0.25, 0.3) is 0 Å². The predicted octanol–water partition coefficient (Wildman–Crippen LogP) is 3.20. The lowest BCUT2D eigenvalue weighted by molar-refractivity contribution is 0.473. The molecule has 2 heteroatoms. The lowest BCUT2D eigenvalue weighted by Crippen LogP contribution is -2.16. The second-order valence-electron chi connectivity index (χ2n) is 4.31. The highest BCUT2D eigenvalue weighted by Crippen LogP contribution is 2.28. The molecule has 1 N–H and O–H groups in total. The molecule has 0 aromatic carbocycles. The van der Waals surface area contributed by atoms with Gasteiger partial charge in [-0.3, -0.25) is 0 Å². The Labute approximate surface area is 86.8 Å². The number of pyridine rings is 1.